The Morgan fingerprint density at radius 2 is 1.92 bits per heavy atom. The van der Waals surface area contributed by atoms with Crippen LogP contribution in [0.4, 0.5) is 0 Å². The Morgan fingerprint density at radius 3 is 2.50 bits per heavy atom. The molecule has 1 heterocycles. The van der Waals surface area contributed by atoms with Crippen LogP contribution < -0.4 is 16.0 Å². The maximum atomic E-state index is 4.36. The fourth-order valence-electron chi connectivity index (χ4n) is 2.63. The van der Waals surface area contributed by atoms with Gasteiger partial charge in [-0.2, -0.15) is 0 Å². The molecule has 0 saturated carbocycles. The largest absolute Gasteiger partial charge is 0.355 e. The molecular weight excluding hydrogens is 457 g/mol. The van der Waals surface area contributed by atoms with E-state index in [2.05, 4.69) is 77.9 Å². The topological polar surface area (TPSA) is 61.3 Å². The van der Waals surface area contributed by atoms with E-state index in [0.717, 1.165) is 17.5 Å². The molecule has 0 spiro atoms. The van der Waals surface area contributed by atoms with Crippen molar-refractivity contribution in [2.45, 2.75) is 45.8 Å². The number of thiazole rings is 1. The lowest BCUT2D eigenvalue weighted by Crippen LogP contribution is -2.52. The number of hydrogen-bond donors (Lipinski definition) is 3. The number of aromatic nitrogens is 1. The highest BCUT2D eigenvalue weighted by atomic mass is 127. The van der Waals surface area contributed by atoms with Crippen molar-refractivity contribution in [1.29, 1.82) is 0 Å². The second-order valence-corrected chi connectivity index (χ2v) is 8.12. The van der Waals surface area contributed by atoms with Gasteiger partial charge in [-0.1, -0.05) is 30.3 Å². The molecule has 1 unspecified atom stereocenters. The summed E-state index contributed by atoms with van der Waals surface area (Å²) in [7, 11) is 1.79. The Labute approximate surface area is 178 Å². The lowest BCUT2D eigenvalue weighted by atomic mass is 10.0. The predicted octanol–water partition coefficient (Wildman–Crippen LogP) is 3.86. The zero-order chi connectivity index (χ0) is 18.3. The van der Waals surface area contributed by atoms with E-state index < -0.39 is 0 Å². The van der Waals surface area contributed by atoms with Crippen molar-refractivity contribution in [2.75, 3.05) is 13.6 Å². The van der Waals surface area contributed by atoms with Crippen LogP contribution in [0.1, 0.15) is 42.3 Å². The summed E-state index contributed by atoms with van der Waals surface area (Å²) >= 11 is 1.70. The fraction of sp³-hybridized carbons (Fsp3) is 0.474. The highest BCUT2D eigenvalue weighted by Crippen LogP contribution is 2.15. The van der Waals surface area contributed by atoms with Crippen LogP contribution in [-0.2, 0) is 6.54 Å². The molecule has 1 aromatic carbocycles. The van der Waals surface area contributed by atoms with E-state index in [1.54, 1.807) is 18.4 Å². The number of nitrogens with zero attached hydrogens (tertiary/aromatic N) is 2. The smallest absolute Gasteiger partial charge is 0.191 e. The van der Waals surface area contributed by atoms with Gasteiger partial charge in [0.15, 0.2) is 5.96 Å². The van der Waals surface area contributed by atoms with Crippen LogP contribution in [0, 0.1) is 6.92 Å². The van der Waals surface area contributed by atoms with Crippen molar-refractivity contribution >= 4 is 41.3 Å². The molecule has 0 aliphatic rings. The molecule has 0 fully saturated rings. The van der Waals surface area contributed by atoms with E-state index in [4.69, 9.17) is 0 Å². The quantitative estimate of drug-likeness (QED) is 0.315. The molecule has 5 nitrogen and oxygen atoms in total. The van der Waals surface area contributed by atoms with Crippen LogP contribution in [0.5, 0.6) is 0 Å². The summed E-state index contributed by atoms with van der Waals surface area (Å²) in [4.78, 5) is 9.88. The molecule has 1 atom stereocenters. The van der Waals surface area contributed by atoms with Gasteiger partial charge in [-0.15, -0.1) is 35.3 Å². The zero-order valence-corrected chi connectivity index (χ0v) is 19.3. The Kier molecular flexibility index (Phi) is 9.52. The first-order valence-electron chi connectivity index (χ1n) is 8.58. The number of aliphatic imine (C=N–C) groups is 1. The third kappa shape index (κ3) is 7.59. The molecule has 26 heavy (non-hydrogen) atoms. The van der Waals surface area contributed by atoms with Gasteiger partial charge in [0, 0.05) is 36.2 Å². The van der Waals surface area contributed by atoms with Gasteiger partial charge in [0.25, 0.3) is 0 Å². The summed E-state index contributed by atoms with van der Waals surface area (Å²) in [6, 6.07) is 10.8. The molecule has 7 heteroatoms. The van der Waals surface area contributed by atoms with Gasteiger partial charge < -0.3 is 16.0 Å². The summed E-state index contributed by atoms with van der Waals surface area (Å²) in [6.07, 6.45) is 1.90. The van der Waals surface area contributed by atoms with Gasteiger partial charge in [-0.3, -0.25) is 4.99 Å². The molecule has 0 aliphatic heterocycles. The predicted molar refractivity (Wildman–Crippen MR) is 123 cm³/mol. The van der Waals surface area contributed by atoms with Crippen molar-refractivity contribution < 1.29 is 0 Å². The minimum Gasteiger partial charge on any atom is -0.355 e. The van der Waals surface area contributed by atoms with E-state index in [1.165, 1.54) is 10.4 Å². The van der Waals surface area contributed by atoms with E-state index in [-0.39, 0.29) is 35.6 Å². The van der Waals surface area contributed by atoms with Gasteiger partial charge in [-0.05, 0) is 33.3 Å². The molecule has 144 valence electrons. The van der Waals surface area contributed by atoms with Crippen LogP contribution >= 0.6 is 35.3 Å². The molecule has 0 saturated heterocycles. The lowest BCUT2D eigenvalue weighted by Gasteiger charge is -2.31. The Morgan fingerprint density at radius 1 is 1.23 bits per heavy atom. The van der Waals surface area contributed by atoms with E-state index in [1.807, 2.05) is 12.3 Å². The van der Waals surface area contributed by atoms with Crippen LogP contribution in [-0.4, -0.2) is 30.1 Å². The maximum Gasteiger partial charge on any atom is 0.191 e. The molecule has 3 N–H and O–H groups in total. The fourth-order valence-corrected chi connectivity index (χ4v) is 3.36. The number of rotatable bonds is 7. The minimum atomic E-state index is -0.0787. The Balaban J connectivity index is 0.00000338. The first-order valence-corrected chi connectivity index (χ1v) is 9.40. The highest BCUT2D eigenvalue weighted by molar-refractivity contribution is 14.0. The Hall–Kier alpha value is -1.19. The molecule has 2 aromatic rings. The average Bonchev–Trinajstić information content (AvgIpc) is 3.01. The molecule has 0 aliphatic carbocycles. The molecule has 0 radical (unpaired) electrons. The lowest BCUT2D eigenvalue weighted by molar-refractivity contribution is 0.345. The molecule has 1 aromatic heterocycles. The summed E-state index contributed by atoms with van der Waals surface area (Å²) in [5.41, 5.74) is 1.21. The molecule has 2 rings (SSSR count). The van der Waals surface area contributed by atoms with E-state index in [9.17, 15) is 0 Å². The van der Waals surface area contributed by atoms with Crippen LogP contribution in [0.2, 0.25) is 0 Å². The standard InChI is InChI=1S/C19H29N5S.HI/c1-14-11-21-17(25-14)12-22-18(20-5)23-13-19(3,4)24-15(2)16-9-7-6-8-10-16;/h6-11,15,24H,12-13H2,1-5H3,(H2,20,22,23);1H. The zero-order valence-electron chi connectivity index (χ0n) is 16.2. The van der Waals surface area contributed by atoms with Gasteiger partial charge in [-0.25, -0.2) is 4.98 Å². The van der Waals surface area contributed by atoms with Gasteiger partial charge in [0.05, 0.1) is 6.54 Å². The second-order valence-electron chi connectivity index (χ2n) is 6.80. The summed E-state index contributed by atoms with van der Waals surface area (Å²) in [5, 5.41) is 11.5. The normalized spacial score (nSPS) is 13.0. The first-order chi connectivity index (χ1) is 11.9. The number of guanidine groups is 1. The number of nitrogens with one attached hydrogen (secondary N) is 3. The minimum absolute atomic E-state index is 0. The summed E-state index contributed by atoms with van der Waals surface area (Å²) in [6.45, 7) is 10.1. The summed E-state index contributed by atoms with van der Waals surface area (Å²) < 4.78 is 0. The van der Waals surface area contributed by atoms with Crippen LogP contribution in [0.25, 0.3) is 0 Å². The average molecular weight is 487 g/mol. The first kappa shape index (κ1) is 22.9. The highest BCUT2D eigenvalue weighted by Gasteiger charge is 2.21. The number of halogens is 1. The maximum absolute atomic E-state index is 4.36. The van der Waals surface area contributed by atoms with Crippen LogP contribution in [0.15, 0.2) is 41.5 Å². The van der Waals surface area contributed by atoms with Crippen molar-refractivity contribution in [3.05, 3.63) is 52.0 Å². The molecule has 0 amide bonds. The van der Waals surface area contributed by atoms with Gasteiger partial charge >= 0.3 is 0 Å². The summed E-state index contributed by atoms with van der Waals surface area (Å²) in [5.74, 6) is 0.787. The number of hydrogen-bond acceptors (Lipinski definition) is 4. The van der Waals surface area contributed by atoms with Crippen molar-refractivity contribution in [3.63, 3.8) is 0 Å². The van der Waals surface area contributed by atoms with Crippen LogP contribution in [0.3, 0.4) is 0 Å². The third-order valence-corrected chi connectivity index (χ3v) is 4.82. The van der Waals surface area contributed by atoms with Gasteiger partial charge in [0.1, 0.15) is 5.01 Å². The van der Waals surface area contributed by atoms with Gasteiger partial charge in [0.2, 0.25) is 0 Å². The molecular formula is C19H30IN5S. The van der Waals surface area contributed by atoms with Crippen molar-refractivity contribution in [3.8, 4) is 0 Å². The third-order valence-electron chi connectivity index (χ3n) is 3.90. The number of benzene rings is 1. The van der Waals surface area contributed by atoms with Crippen molar-refractivity contribution in [1.82, 2.24) is 20.9 Å². The SMILES string of the molecule is CN=C(NCc1ncc(C)s1)NCC(C)(C)NC(C)c1ccccc1.I. The monoisotopic (exact) mass is 487 g/mol. The number of aryl methyl sites for hydroxylation is 1. The Bertz CT molecular complexity index is 684. The molecule has 0 bridgehead atoms. The van der Waals surface area contributed by atoms with E-state index >= 15 is 0 Å². The second kappa shape index (κ2) is 10.8. The van der Waals surface area contributed by atoms with Crippen molar-refractivity contribution in [2.24, 2.45) is 4.99 Å². The van der Waals surface area contributed by atoms with E-state index in [0.29, 0.717) is 6.54 Å².